The summed E-state index contributed by atoms with van der Waals surface area (Å²) in [4.78, 5) is 0. The highest BCUT2D eigenvalue weighted by molar-refractivity contribution is 7.91. The Morgan fingerprint density at radius 1 is 1.29 bits per heavy atom. The molecule has 1 aromatic carbocycles. The third-order valence-electron chi connectivity index (χ3n) is 3.43. The molecule has 21 heavy (non-hydrogen) atoms. The summed E-state index contributed by atoms with van der Waals surface area (Å²) in [6.45, 7) is 0.553. The Morgan fingerprint density at radius 2 is 2.00 bits per heavy atom. The van der Waals surface area contributed by atoms with E-state index in [4.69, 9.17) is 0 Å². The summed E-state index contributed by atoms with van der Waals surface area (Å²) in [5, 5.41) is 2.93. The second kappa shape index (κ2) is 5.92. The van der Waals surface area contributed by atoms with Crippen molar-refractivity contribution < 1.29 is 26.0 Å². The van der Waals surface area contributed by atoms with Crippen molar-refractivity contribution in [3.63, 3.8) is 0 Å². The highest BCUT2D eigenvalue weighted by Crippen LogP contribution is 2.31. The van der Waals surface area contributed by atoms with Crippen LogP contribution in [0.25, 0.3) is 0 Å². The second-order valence-electron chi connectivity index (χ2n) is 5.21. The van der Waals surface area contributed by atoms with Gasteiger partial charge >= 0.3 is 6.18 Å². The first-order valence-electron chi connectivity index (χ1n) is 6.44. The van der Waals surface area contributed by atoms with E-state index in [9.17, 15) is 26.0 Å². The lowest BCUT2D eigenvalue weighted by atomic mass is 10.1. The summed E-state index contributed by atoms with van der Waals surface area (Å²) in [6.07, 6.45) is -4.16. The number of nitrogens with one attached hydrogen (secondary N) is 1. The van der Waals surface area contributed by atoms with Crippen LogP contribution in [-0.2, 0) is 22.6 Å². The summed E-state index contributed by atoms with van der Waals surface area (Å²) in [5.74, 6) is -1.05. The van der Waals surface area contributed by atoms with Crippen molar-refractivity contribution >= 4 is 9.84 Å². The van der Waals surface area contributed by atoms with Crippen molar-refractivity contribution in [3.05, 3.63) is 35.1 Å². The van der Waals surface area contributed by atoms with E-state index < -0.39 is 27.4 Å². The summed E-state index contributed by atoms with van der Waals surface area (Å²) < 4.78 is 73.3. The quantitative estimate of drug-likeness (QED) is 0.865. The van der Waals surface area contributed by atoms with Gasteiger partial charge in [0.2, 0.25) is 0 Å². The van der Waals surface area contributed by atoms with Crippen LogP contribution >= 0.6 is 0 Å². The zero-order valence-corrected chi connectivity index (χ0v) is 11.9. The number of halogens is 4. The molecule has 1 unspecified atom stereocenters. The SMILES string of the molecule is O=S1(=O)CCC(CNCc2ccc(F)c(C(F)(F)F)c2)C1. The molecular weight excluding hydrogens is 310 g/mol. The molecule has 1 heterocycles. The van der Waals surface area contributed by atoms with Crippen LogP contribution in [0.1, 0.15) is 17.5 Å². The topological polar surface area (TPSA) is 46.2 Å². The number of sulfone groups is 1. The lowest BCUT2D eigenvalue weighted by Gasteiger charge is -2.12. The molecule has 8 heteroatoms. The lowest BCUT2D eigenvalue weighted by molar-refractivity contribution is -0.140. The van der Waals surface area contributed by atoms with Gasteiger partial charge in [-0.1, -0.05) is 6.07 Å². The van der Waals surface area contributed by atoms with E-state index >= 15 is 0 Å². The van der Waals surface area contributed by atoms with Gasteiger partial charge in [-0.05, 0) is 36.6 Å². The van der Waals surface area contributed by atoms with Gasteiger partial charge in [0.05, 0.1) is 17.1 Å². The van der Waals surface area contributed by atoms with E-state index in [-0.39, 0.29) is 24.0 Å². The standard InChI is InChI=1S/C13H15F4NO2S/c14-12-2-1-9(5-11(12)13(15,16)17)6-18-7-10-3-4-21(19,20)8-10/h1-2,5,10,18H,3-4,6-8H2. The highest BCUT2D eigenvalue weighted by Gasteiger charge is 2.34. The van der Waals surface area contributed by atoms with Gasteiger partial charge in [0.15, 0.2) is 9.84 Å². The smallest absolute Gasteiger partial charge is 0.312 e. The number of benzene rings is 1. The van der Waals surface area contributed by atoms with Gasteiger partial charge in [-0.2, -0.15) is 13.2 Å². The first-order valence-corrected chi connectivity index (χ1v) is 8.26. The first-order chi connectivity index (χ1) is 9.67. The summed E-state index contributed by atoms with van der Waals surface area (Å²) in [7, 11) is -2.96. The summed E-state index contributed by atoms with van der Waals surface area (Å²) >= 11 is 0. The Balaban J connectivity index is 1.92. The minimum absolute atomic E-state index is 0.0162. The van der Waals surface area contributed by atoms with Crippen LogP contribution in [0.2, 0.25) is 0 Å². The number of rotatable bonds is 4. The van der Waals surface area contributed by atoms with Crippen LogP contribution in [-0.4, -0.2) is 26.5 Å². The van der Waals surface area contributed by atoms with E-state index in [1.54, 1.807) is 0 Å². The van der Waals surface area contributed by atoms with Gasteiger partial charge in [0.25, 0.3) is 0 Å². The molecule has 0 aliphatic carbocycles. The van der Waals surface area contributed by atoms with E-state index in [1.165, 1.54) is 6.07 Å². The summed E-state index contributed by atoms with van der Waals surface area (Å²) in [6, 6.07) is 2.84. The fraction of sp³-hybridized carbons (Fsp3) is 0.538. The largest absolute Gasteiger partial charge is 0.419 e. The summed E-state index contributed by atoms with van der Waals surface area (Å²) in [5.41, 5.74) is -0.977. The van der Waals surface area contributed by atoms with Gasteiger partial charge in [-0.3, -0.25) is 0 Å². The van der Waals surface area contributed by atoms with E-state index in [1.807, 2.05) is 0 Å². The average Bonchev–Trinajstić information content (AvgIpc) is 2.70. The molecule has 0 bridgehead atoms. The number of hydrogen-bond acceptors (Lipinski definition) is 3. The Morgan fingerprint density at radius 3 is 2.57 bits per heavy atom. The van der Waals surface area contributed by atoms with E-state index in [0.717, 1.165) is 12.1 Å². The predicted molar refractivity (Wildman–Crippen MR) is 69.9 cm³/mol. The molecule has 0 aromatic heterocycles. The second-order valence-corrected chi connectivity index (χ2v) is 7.44. The van der Waals surface area contributed by atoms with Crippen molar-refractivity contribution in [2.75, 3.05) is 18.1 Å². The van der Waals surface area contributed by atoms with Crippen LogP contribution in [0.15, 0.2) is 18.2 Å². The molecule has 1 fully saturated rings. The van der Waals surface area contributed by atoms with Gasteiger partial charge in [-0.15, -0.1) is 0 Å². The Kier molecular flexibility index (Phi) is 4.57. The van der Waals surface area contributed by atoms with Crippen molar-refractivity contribution in [3.8, 4) is 0 Å². The molecule has 0 spiro atoms. The Bertz CT molecular complexity index is 613. The van der Waals surface area contributed by atoms with E-state index in [2.05, 4.69) is 5.32 Å². The third-order valence-corrected chi connectivity index (χ3v) is 5.26. The monoisotopic (exact) mass is 325 g/mol. The average molecular weight is 325 g/mol. The zero-order chi connectivity index (χ0) is 15.7. The molecular formula is C13H15F4NO2S. The van der Waals surface area contributed by atoms with Gasteiger partial charge < -0.3 is 5.32 Å². The fourth-order valence-electron chi connectivity index (χ4n) is 2.35. The highest BCUT2D eigenvalue weighted by atomic mass is 32.2. The molecule has 1 aliphatic heterocycles. The molecule has 1 saturated heterocycles. The normalized spacial score (nSPS) is 21.6. The maximum atomic E-state index is 13.1. The number of alkyl halides is 3. The molecule has 0 radical (unpaired) electrons. The van der Waals surface area contributed by atoms with Crippen LogP contribution in [0.3, 0.4) is 0 Å². The predicted octanol–water partition coefficient (Wildman–Crippen LogP) is 2.37. The molecule has 1 atom stereocenters. The van der Waals surface area contributed by atoms with Gasteiger partial charge in [0.1, 0.15) is 5.82 Å². The Hall–Kier alpha value is -1.15. The van der Waals surface area contributed by atoms with Gasteiger partial charge in [-0.25, -0.2) is 12.8 Å². The fourth-order valence-corrected chi connectivity index (χ4v) is 4.22. The van der Waals surface area contributed by atoms with Crippen molar-refractivity contribution in [1.29, 1.82) is 0 Å². The number of hydrogen-bond donors (Lipinski definition) is 1. The minimum atomic E-state index is -4.72. The van der Waals surface area contributed by atoms with Crippen molar-refractivity contribution in [2.24, 2.45) is 5.92 Å². The third kappa shape index (κ3) is 4.41. The zero-order valence-electron chi connectivity index (χ0n) is 11.1. The van der Waals surface area contributed by atoms with Crippen LogP contribution in [0.5, 0.6) is 0 Å². The lowest BCUT2D eigenvalue weighted by Crippen LogP contribution is -2.23. The van der Waals surface area contributed by atoms with Crippen LogP contribution in [0.4, 0.5) is 17.6 Å². The van der Waals surface area contributed by atoms with Crippen molar-refractivity contribution in [1.82, 2.24) is 5.32 Å². The Labute approximate surface area is 120 Å². The molecule has 2 rings (SSSR count). The minimum Gasteiger partial charge on any atom is -0.312 e. The van der Waals surface area contributed by atoms with Crippen molar-refractivity contribution in [2.45, 2.75) is 19.1 Å². The maximum absolute atomic E-state index is 13.1. The van der Waals surface area contributed by atoms with Crippen LogP contribution in [0, 0.1) is 11.7 Å². The molecule has 1 aliphatic rings. The van der Waals surface area contributed by atoms with E-state index in [0.29, 0.717) is 18.5 Å². The molecule has 3 nitrogen and oxygen atoms in total. The molecule has 0 amide bonds. The first kappa shape index (κ1) is 16.2. The van der Waals surface area contributed by atoms with Gasteiger partial charge in [0, 0.05) is 6.54 Å². The molecule has 1 aromatic rings. The maximum Gasteiger partial charge on any atom is 0.419 e. The molecule has 118 valence electrons. The van der Waals surface area contributed by atoms with Crippen LogP contribution < -0.4 is 5.32 Å². The molecule has 1 N–H and O–H groups in total. The molecule has 0 saturated carbocycles.